The summed E-state index contributed by atoms with van der Waals surface area (Å²) in [4.78, 5) is 28.0. The van der Waals surface area contributed by atoms with E-state index in [0.717, 1.165) is 5.69 Å². The number of carbonyl (C=O) groups excluding carboxylic acids is 1. The van der Waals surface area contributed by atoms with Gasteiger partial charge in [0.25, 0.3) is 0 Å². The standard InChI is InChI=1S/C22H35N3O5/c1-14(2)15(21(28)29)10-18(26)16(23)11-24-12-20(27)25(13-22(24,3)4)17-8-6-7-9-19(17)30-5/h6-9,14-16,18,26H,10-13,23H2,1-5H3,(H,28,29)/t15-,16-,18-/m0/s1. The predicted molar refractivity (Wildman–Crippen MR) is 116 cm³/mol. The molecule has 1 heterocycles. The fraction of sp³-hybridized carbons (Fsp3) is 0.636. The van der Waals surface area contributed by atoms with E-state index in [9.17, 15) is 19.8 Å². The maximum absolute atomic E-state index is 12.9. The summed E-state index contributed by atoms with van der Waals surface area (Å²) < 4.78 is 5.40. The quantitative estimate of drug-likeness (QED) is 0.554. The van der Waals surface area contributed by atoms with Crippen molar-refractivity contribution in [2.45, 2.75) is 51.8 Å². The van der Waals surface area contributed by atoms with Crippen LogP contribution in [0.4, 0.5) is 5.69 Å². The van der Waals surface area contributed by atoms with E-state index in [4.69, 9.17) is 10.5 Å². The average Bonchev–Trinajstić information content (AvgIpc) is 2.67. The lowest BCUT2D eigenvalue weighted by molar-refractivity contribution is -0.144. The summed E-state index contributed by atoms with van der Waals surface area (Å²) in [5.74, 6) is -1.14. The van der Waals surface area contributed by atoms with Crippen LogP contribution in [0.25, 0.3) is 0 Å². The number of aliphatic hydroxyl groups excluding tert-OH is 1. The number of rotatable bonds is 9. The summed E-state index contributed by atoms with van der Waals surface area (Å²) in [6.45, 7) is 8.57. The first-order chi connectivity index (χ1) is 14.0. The number of ether oxygens (including phenoxy) is 1. The number of benzene rings is 1. The van der Waals surface area contributed by atoms with Gasteiger partial charge >= 0.3 is 5.97 Å². The second kappa shape index (κ2) is 9.76. The minimum Gasteiger partial charge on any atom is -0.495 e. The van der Waals surface area contributed by atoms with Crippen molar-refractivity contribution in [2.75, 3.05) is 31.6 Å². The van der Waals surface area contributed by atoms with E-state index in [1.54, 1.807) is 12.0 Å². The van der Waals surface area contributed by atoms with Gasteiger partial charge in [0.05, 0.1) is 31.4 Å². The van der Waals surface area contributed by atoms with Crippen molar-refractivity contribution < 1.29 is 24.5 Å². The van der Waals surface area contributed by atoms with Gasteiger partial charge in [0, 0.05) is 24.7 Å². The average molecular weight is 422 g/mol. The highest BCUT2D eigenvalue weighted by Crippen LogP contribution is 2.33. The third-order valence-corrected chi connectivity index (χ3v) is 5.95. The van der Waals surface area contributed by atoms with Crippen LogP contribution < -0.4 is 15.4 Å². The zero-order valence-electron chi connectivity index (χ0n) is 18.5. The first kappa shape index (κ1) is 24.1. The van der Waals surface area contributed by atoms with Gasteiger partial charge in [-0.2, -0.15) is 0 Å². The first-order valence-corrected chi connectivity index (χ1v) is 10.3. The molecule has 0 aliphatic carbocycles. The molecule has 30 heavy (non-hydrogen) atoms. The van der Waals surface area contributed by atoms with E-state index in [2.05, 4.69) is 0 Å². The number of carbonyl (C=O) groups is 2. The van der Waals surface area contributed by atoms with Gasteiger partial charge in [0.1, 0.15) is 5.75 Å². The van der Waals surface area contributed by atoms with Gasteiger partial charge in [-0.15, -0.1) is 0 Å². The molecule has 0 bridgehead atoms. The lowest BCUT2D eigenvalue weighted by Crippen LogP contribution is -2.64. The SMILES string of the molecule is COc1ccccc1N1CC(C)(C)N(C[C@H](N)[C@@H](O)C[C@H](C(=O)O)C(C)C)CC1=O. The van der Waals surface area contributed by atoms with E-state index in [0.29, 0.717) is 18.8 Å². The molecule has 1 aliphatic heterocycles. The number of hydrogen-bond donors (Lipinski definition) is 3. The van der Waals surface area contributed by atoms with Crippen LogP contribution in [0, 0.1) is 11.8 Å². The van der Waals surface area contributed by atoms with Gasteiger partial charge in [-0.1, -0.05) is 26.0 Å². The summed E-state index contributed by atoms with van der Waals surface area (Å²) in [6.07, 6.45) is -0.879. The Morgan fingerprint density at radius 3 is 2.50 bits per heavy atom. The maximum atomic E-state index is 12.9. The molecule has 0 unspecified atom stereocenters. The monoisotopic (exact) mass is 421 g/mol. The fourth-order valence-electron chi connectivity index (χ4n) is 3.89. The minimum atomic E-state index is -0.966. The van der Waals surface area contributed by atoms with Gasteiger partial charge in [-0.25, -0.2) is 0 Å². The Hall–Kier alpha value is -2.16. The number of para-hydroxylation sites is 2. The highest BCUT2D eigenvalue weighted by atomic mass is 16.5. The molecule has 8 heteroatoms. The molecule has 2 rings (SSSR count). The van der Waals surface area contributed by atoms with E-state index in [-0.39, 0.29) is 24.8 Å². The summed E-state index contributed by atoms with van der Waals surface area (Å²) in [6, 6.07) is 6.74. The molecule has 0 saturated carbocycles. The zero-order chi connectivity index (χ0) is 22.6. The van der Waals surface area contributed by atoms with Crippen LogP contribution in [-0.2, 0) is 9.59 Å². The number of piperazine rings is 1. The van der Waals surface area contributed by atoms with Crippen LogP contribution in [0.1, 0.15) is 34.1 Å². The summed E-state index contributed by atoms with van der Waals surface area (Å²) >= 11 is 0. The number of aliphatic hydroxyl groups is 1. The molecule has 8 nitrogen and oxygen atoms in total. The molecule has 1 amide bonds. The Labute approximate surface area is 178 Å². The number of anilines is 1. The third-order valence-electron chi connectivity index (χ3n) is 5.95. The van der Waals surface area contributed by atoms with Gasteiger partial charge in [-0.05, 0) is 38.3 Å². The fourth-order valence-corrected chi connectivity index (χ4v) is 3.89. The molecule has 1 saturated heterocycles. The Morgan fingerprint density at radius 1 is 1.30 bits per heavy atom. The third kappa shape index (κ3) is 5.50. The van der Waals surface area contributed by atoms with Crippen LogP contribution in [0.3, 0.4) is 0 Å². The number of carboxylic acids is 1. The summed E-state index contributed by atoms with van der Waals surface area (Å²) in [5, 5.41) is 19.9. The van der Waals surface area contributed by atoms with E-state index >= 15 is 0 Å². The number of aliphatic carboxylic acids is 1. The van der Waals surface area contributed by atoms with Crippen LogP contribution in [0.5, 0.6) is 5.75 Å². The lowest BCUT2D eigenvalue weighted by atomic mass is 9.87. The minimum absolute atomic E-state index is 0.0777. The van der Waals surface area contributed by atoms with Crippen LogP contribution in [-0.4, -0.2) is 71.4 Å². The van der Waals surface area contributed by atoms with Gasteiger partial charge < -0.3 is 25.6 Å². The molecule has 3 atom stereocenters. The normalized spacial score (nSPS) is 20.1. The molecule has 1 aromatic rings. The Bertz CT molecular complexity index is 752. The van der Waals surface area contributed by atoms with Gasteiger partial charge in [0.2, 0.25) is 5.91 Å². The van der Waals surface area contributed by atoms with Gasteiger partial charge in [-0.3, -0.25) is 14.5 Å². The van der Waals surface area contributed by atoms with Crippen molar-refractivity contribution in [1.29, 1.82) is 0 Å². The van der Waals surface area contributed by atoms with Crippen molar-refractivity contribution in [3.05, 3.63) is 24.3 Å². The second-order valence-electron chi connectivity index (χ2n) is 9.00. The van der Waals surface area contributed by atoms with Crippen molar-refractivity contribution in [2.24, 2.45) is 17.6 Å². The summed E-state index contributed by atoms with van der Waals surface area (Å²) in [5.41, 5.74) is 6.56. The highest BCUT2D eigenvalue weighted by molar-refractivity contribution is 5.97. The molecular formula is C22H35N3O5. The molecule has 0 radical (unpaired) electrons. The smallest absolute Gasteiger partial charge is 0.306 e. The number of methoxy groups -OCH3 is 1. The molecule has 0 aromatic heterocycles. The lowest BCUT2D eigenvalue weighted by Gasteiger charge is -2.47. The molecule has 1 fully saturated rings. The van der Waals surface area contributed by atoms with Crippen molar-refractivity contribution in [3.63, 3.8) is 0 Å². The van der Waals surface area contributed by atoms with E-state index < -0.39 is 29.6 Å². The number of carboxylic acid groups (broad SMARTS) is 1. The van der Waals surface area contributed by atoms with Crippen LogP contribution in [0.15, 0.2) is 24.3 Å². The zero-order valence-corrected chi connectivity index (χ0v) is 18.5. The first-order valence-electron chi connectivity index (χ1n) is 10.3. The Morgan fingerprint density at radius 2 is 1.93 bits per heavy atom. The topological polar surface area (TPSA) is 116 Å². The number of amides is 1. The van der Waals surface area contributed by atoms with Crippen molar-refractivity contribution in [3.8, 4) is 5.75 Å². The van der Waals surface area contributed by atoms with Crippen LogP contribution in [0.2, 0.25) is 0 Å². The highest BCUT2D eigenvalue weighted by Gasteiger charge is 2.40. The predicted octanol–water partition coefficient (Wildman–Crippen LogP) is 1.56. The molecule has 1 aliphatic rings. The molecule has 168 valence electrons. The number of nitrogens with zero attached hydrogens (tertiary/aromatic N) is 2. The Balaban J connectivity index is 2.09. The largest absolute Gasteiger partial charge is 0.495 e. The second-order valence-corrected chi connectivity index (χ2v) is 9.00. The van der Waals surface area contributed by atoms with E-state index in [1.165, 1.54) is 0 Å². The number of nitrogens with two attached hydrogens (primary N) is 1. The van der Waals surface area contributed by atoms with Crippen LogP contribution >= 0.6 is 0 Å². The van der Waals surface area contributed by atoms with E-state index in [1.807, 2.05) is 56.9 Å². The molecule has 1 aromatic carbocycles. The summed E-state index contributed by atoms with van der Waals surface area (Å²) in [7, 11) is 1.58. The molecule has 0 spiro atoms. The van der Waals surface area contributed by atoms with Crippen molar-refractivity contribution >= 4 is 17.6 Å². The molecule has 4 N–H and O–H groups in total. The van der Waals surface area contributed by atoms with Gasteiger partial charge in [0.15, 0.2) is 0 Å². The Kier molecular flexibility index (Phi) is 7.85. The maximum Gasteiger partial charge on any atom is 0.306 e. The van der Waals surface area contributed by atoms with Crippen molar-refractivity contribution in [1.82, 2.24) is 4.90 Å². The number of hydrogen-bond acceptors (Lipinski definition) is 6. The molecular weight excluding hydrogens is 386 g/mol.